The molecule has 1 aliphatic rings. The highest BCUT2D eigenvalue weighted by molar-refractivity contribution is 5.70. The summed E-state index contributed by atoms with van der Waals surface area (Å²) in [5.41, 5.74) is 2.39. The molecule has 1 aromatic carbocycles. The Morgan fingerprint density at radius 3 is 3.06 bits per heavy atom. The van der Waals surface area contributed by atoms with Crippen LogP contribution in [0.1, 0.15) is 49.7 Å². The predicted molar refractivity (Wildman–Crippen MR) is 69.7 cm³/mol. The molecule has 0 fully saturated rings. The van der Waals surface area contributed by atoms with Crippen molar-refractivity contribution in [2.75, 3.05) is 6.61 Å². The molecule has 0 radical (unpaired) electrons. The van der Waals surface area contributed by atoms with Gasteiger partial charge in [0.15, 0.2) is 0 Å². The van der Waals surface area contributed by atoms with Crippen molar-refractivity contribution in [3.05, 3.63) is 29.3 Å². The van der Waals surface area contributed by atoms with Gasteiger partial charge in [-0.05, 0) is 55.4 Å². The first-order valence-corrected chi connectivity index (χ1v) is 6.68. The minimum absolute atomic E-state index is 0.122. The van der Waals surface area contributed by atoms with Gasteiger partial charge in [0, 0.05) is 0 Å². The average Bonchev–Trinajstić information content (AvgIpc) is 2.52. The minimum atomic E-state index is -0.122. The molecule has 0 saturated heterocycles. The monoisotopic (exact) mass is 248 g/mol. The molecule has 3 nitrogen and oxygen atoms in total. The topological polar surface area (TPSA) is 46.5 Å². The summed E-state index contributed by atoms with van der Waals surface area (Å²) in [6.45, 7) is 2.27. The molecule has 0 bridgehead atoms. The number of aryl methyl sites for hydroxylation is 1. The SMILES string of the molecule is CCOC(=O)CC1CCCCc2cc(O)ccc21. The largest absolute Gasteiger partial charge is 0.508 e. The number of ether oxygens (including phenoxy) is 1. The van der Waals surface area contributed by atoms with Gasteiger partial charge < -0.3 is 9.84 Å². The zero-order chi connectivity index (χ0) is 13.0. The molecule has 0 aliphatic heterocycles. The number of hydrogen-bond acceptors (Lipinski definition) is 3. The van der Waals surface area contributed by atoms with E-state index in [0.29, 0.717) is 18.8 Å². The molecule has 0 aromatic heterocycles. The number of esters is 1. The van der Waals surface area contributed by atoms with E-state index in [1.54, 1.807) is 6.07 Å². The molecule has 0 saturated carbocycles. The maximum Gasteiger partial charge on any atom is 0.306 e. The Kier molecular flexibility index (Phi) is 4.24. The van der Waals surface area contributed by atoms with E-state index in [1.165, 1.54) is 11.1 Å². The van der Waals surface area contributed by atoms with Crippen molar-refractivity contribution in [3.8, 4) is 5.75 Å². The quantitative estimate of drug-likeness (QED) is 0.660. The summed E-state index contributed by atoms with van der Waals surface area (Å²) in [6.07, 6.45) is 4.71. The molecule has 3 heteroatoms. The van der Waals surface area contributed by atoms with E-state index < -0.39 is 0 Å². The molecule has 1 aliphatic carbocycles. The van der Waals surface area contributed by atoms with E-state index in [2.05, 4.69) is 0 Å². The van der Waals surface area contributed by atoms with Crippen molar-refractivity contribution in [1.29, 1.82) is 0 Å². The van der Waals surface area contributed by atoms with Gasteiger partial charge in [0.2, 0.25) is 0 Å². The number of carbonyl (C=O) groups excluding carboxylic acids is 1. The fourth-order valence-corrected chi connectivity index (χ4v) is 2.70. The van der Waals surface area contributed by atoms with Crippen molar-refractivity contribution >= 4 is 5.97 Å². The number of phenols is 1. The van der Waals surface area contributed by atoms with Crippen LogP contribution in [0.2, 0.25) is 0 Å². The van der Waals surface area contributed by atoms with Crippen LogP contribution in [0.3, 0.4) is 0 Å². The third kappa shape index (κ3) is 3.03. The second kappa shape index (κ2) is 5.89. The average molecular weight is 248 g/mol. The summed E-state index contributed by atoms with van der Waals surface area (Å²) >= 11 is 0. The van der Waals surface area contributed by atoms with Crippen LogP contribution in [-0.2, 0) is 16.0 Å². The lowest BCUT2D eigenvalue weighted by molar-refractivity contribution is -0.143. The van der Waals surface area contributed by atoms with Gasteiger partial charge in [-0.2, -0.15) is 0 Å². The normalized spacial score (nSPS) is 18.8. The lowest BCUT2D eigenvalue weighted by atomic mass is 9.90. The summed E-state index contributed by atoms with van der Waals surface area (Å²) in [7, 11) is 0. The third-order valence-corrected chi connectivity index (χ3v) is 3.53. The van der Waals surface area contributed by atoms with Gasteiger partial charge in [0.05, 0.1) is 13.0 Å². The minimum Gasteiger partial charge on any atom is -0.508 e. The fourth-order valence-electron chi connectivity index (χ4n) is 2.70. The van der Waals surface area contributed by atoms with Crippen LogP contribution in [0.25, 0.3) is 0 Å². The van der Waals surface area contributed by atoms with Gasteiger partial charge in [-0.3, -0.25) is 4.79 Å². The van der Waals surface area contributed by atoms with Gasteiger partial charge in [-0.15, -0.1) is 0 Å². The summed E-state index contributed by atoms with van der Waals surface area (Å²) in [4.78, 5) is 11.6. The van der Waals surface area contributed by atoms with E-state index in [-0.39, 0.29) is 11.9 Å². The second-order valence-electron chi connectivity index (χ2n) is 4.83. The standard InChI is InChI=1S/C15H20O3/c1-2-18-15(17)10-12-6-4-3-5-11-9-13(16)7-8-14(11)12/h7-9,12,16H,2-6,10H2,1H3. The van der Waals surface area contributed by atoms with Crippen molar-refractivity contribution in [1.82, 2.24) is 0 Å². The maximum absolute atomic E-state index is 11.6. The Balaban J connectivity index is 2.19. The molecule has 98 valence electrons. The van der Waals surface area contributed by atoms with Crippen molar-refractivity contribution < 1.29 is 14.6 Å². The molecule has 1 unspecified atom stereocenters. The van der Waals surface area contributed by atoms with E-state index in [4.69, 9.17) is 4.74 Å². The van der Waals surface area contributed by atoms with Gasteiger partial charge in [0.1, 0.15) is 5.75 Å². The van der Waals surface area contributed by atoms with Crippen molar-refractivity contribution in [2.45, 2.75) is 44.9 Å². The van der Waals surface area contributed by atoms with Gasteiger partial charge >= 0.3 is 5.97 Å². The van der Waals surface area contributed by atoms with E-state index in [1.807, 2.05) is 19.1 Å². The molecular formula is C15H20O3. The molecule has 2 rings (SSSR count). The van der Waals surface area contributed by atoms with Crippen molar-refractivity contribution in [3.63, 3.8) is 0 Å². The van der Waals surface area contributed by atoms with Gasteiger partial charge in [-0.1, -0.05) is 12.5 Å². The first-order chi connectivity index (χ1) is 8.70. The van der Waals surface area contributed by atoms with Crippen LogP contribution >= 0.6 is 0 Å². The Hall–Kier alpha value is -1.51. The Bertz CT molecular complexity index is 426. The molecule has 18 heavy (non-hydrogen) atoms. The highest BCUT2D eigenvalue weighted by Crippen LogP contribution is 2.34. The number of phenolic OH excluding ortho intramolecular Hbond substituents is 1. The second-order valence-corrected chi connectivity index (χ2v) is 4.83. The van der Waals surface area contributed by atoms with E-state index in [0.717, 1.165) is 25.7 Å². The third-order valence-electron chi connectivity index (χ3n) is 3.53. The molecule has 1 atom stereocenters. The molecule has 0 spiro atoms. The number of benzene rings is 1. The lowest BCUT2D eigenvalue weighted by Crippen LogP contribution is -2.11. The fraction of sp³-hybridized carbons (Fsp3) is 0.533. The zero-order valence-corrected chi connectivity index (χ0v) is 10.8. The Morgan fingerprint density at radius 2 is 2.28 bits per heavy atom. The Morgan fingerprint density at radius 1 is 1.44 bits per heavy atom. The maximum atomic E-state index is 11.6. The highest BCUT2D eigenvalue weighted by Gasteiger charge is 2.22. The number of aromatic hydroxyl groups is 1. The lowest BCUT2D eigenvalue weighted by Gasteiger charge is -2.17. The summed E-state index contributed by atoms with van der Waals surface area (Å²) < 4.78 is 5.04. The van der Waals surface area contributed by atoms with Gasteiger partial charge in [0.25, 0.3) is 0 Å². The van der Waals surface area contributed by atoms with Gasteiger partial charge in [-0.25, -0.2) is 0 Å². The molecule has 1 N–H and O–H groups in total. The zero-order valence-electron chi connectivity index (χ0n) is 10.8. The number of fused-ring (bicyclic) bond motifs is 1. The van der Waals surface area contributed by atoms with Crippen LogP contribution < -0.4 is 0 Å². The van der Waals surface area contributed by atoms with E-state index in [9.17, 15) is 9.90 Å². The Labute approximate surface area is 108 Å². The highest BCUT2D eigenvalue weighted by atomic mass is 16.5. The van der Waals surface area contributed by atoms with Crippen LogP contribution in [0.4, 0.5) is 0 Å². The number of rotatable bonds is 3. The van der Waals surface area contributed by atoms with Crippen LogP contribution in [0, 0.1) is 0 Å². The summed E-state index contributed by atoms with van der Waals surface area (Å²) in [6, 6.07) is 5.50. The molecule has 0 heterocycles. The summed E-state index contributed by atoms with van der Waals surface area (Å²) in [5, 5.41) is 9.54. The smallest absolute Gasteiger partial charge is 0.306 e. The predicted octanol–water partition coefficient (Wildman–Crippen LogP) is 3.16. The number of hydrogen-bond donors (Lipinski definition) is 1. The number of carbonyl (C=O) groups is 1. The van der Waals surface area contributed by atoms with Crippen LogP contribution in [-0.4, -0.2) is 17.7 Å². The molecule has 1 aromatic rings. The first-order valence-electron chi connectivity index (χ1n) is 6.68. The first kappa shape index (κ1) is 12.9. The van der Waals surface area contributed by atoms with Crippen LogP contribution in [0.15, 0.2) is 18.2 Å². The molecule has 0 amide bonds. The van der Waals surface area contributed by atoms with E-state index >= 15 is 0 Å². The summed E-state index contributed by atoms with van der Waals surface area (Å²) in [5.74, 6) is 0.427. The van der Waals surface area contributed by atoms with Crippen molar-refractivity contribution in [2.24, 2.45) is 0 Å². The van der Waals surface area contributed by atoms with Crippen LogP contribution in [0.5, 0.6) is 5.75 Å². The molecular weight excluding hydrogens is 228 g/mol.